The summed E-state index contributed by atoms with van der Waals surface area (Å²) in [5, 5.41) is 3.47. The standard InChI is InChI=1S/C15H24N2/c1-3-15(9-11-16-12-10-15)13-17(2)14-7-5-4-6-8-14/h4-8,16H,3,9-13H2,1-2H3. The van der Waals surface area contributed by atoms with E-state index in [0.717, 1.165) is 0 Å². The molecule has 0 spiro atoms. The summed E-state index contributed by atoms with van der Waals surface area (Å²) in [6, 6.07) is 10.7. The molecule has 2 rings (SSSR count). The van der Waals surface area contributed by atoms with Gasteiger partial charge in [-0.3, -0.25) is 0 Å². The third kappa shape index (κ3) is 3.01. The van der Waals surface area contributed by atoms with Crippen LogP contribution in [-0.2, 0) is 0 Å². The van der Waals surface area contributed by atoms with Gasteiger partial charge in [0.2, 0.25) is 0 Å². The van der Waals surface area contributed by atoms with Crippen LogP contribution in [-0.4, -0.2) is 26.7 Å². The largest absolute Gasteiger partial charge is 0.374 e. The van der Waals surface area contributed by atoms with Crippen molar-refractivity contribution in [1.29, 1.82) is 0 Å². The quantitative estimate of drug-likeness (QED) is 0.858. The molecule has 1 aliphatic heterocycles. The van der Waals surface area contributed by atoms with Crippen LogP contribution in [0, 0.1) is 5.41 Å². The maximum atomic E-state index is 3.47. The molecule has 0 bridgehead atoms. The van der Waals surface area contributed by atoms with Gasteiger partial charge < -0.3 is 10.2 Å². The van der Waals surface area contributed by atoms with Crippen molar-refractivity contribution in [3.63, 3.8) is 0 Å². The van der Waals surface area contributed by atoms with E-state index >= 15 is 0 Å². The second-order valence-corrected chi connectivity index (χ2v) is 5.30. The van der Waals surface area contributed by atoms with E-state index in [2.05, 4.69) is 54.5 Å². The lowest BCUT2D eigenvalue weighted by Crippen LogP contribution is -2.43. The van der Waals surface area contributed by atoms with Crippen molar-refractivity contribution >= 4 is 5.69 Å². The minimum atomic E-state index is 0.510. The zero-order chi connectivity index (χ0) is 12.1. The maximum Gasteiger partial charge on any atom is 0.0363 e. The Bertz CT molecular complexity index is 328. The van der Waals surface area contributed by atoms with E-state index in [1.807, 2.05) is 0 Å². The number of anilines is 1. The van der Waals surface area contributed by atoms with E-state index in [4.69, 9.17) is 0 Å². The molecule has 2 nitrogen and oxygen atoms in total. The Labute approximate surface area is 105 Å². The number of hydrogen-bond acceptors (Lipinski definition) is 2. The molecular formula is C15H24N2. The summed E-state index contributed by atoms with van der Waals surface area (Å²) >= 11 is 0. The predicted octanol–water partition coefficient (Wildman–Crippen LogP) is 2.90. The molecule has 0 unspecified atom stereocenters. The van der Waals surface area contributed by atoms with Gasteiger partial charge in [0.15, 0.2) is 0 Å². The van der Waals surface area contributed by atoms with Gasteiger partial charge in [-0.15, -0.1) is 0 Å². The number of rotatable bonds is 4. The van der Waals surface area contributed by atoms with Crippen LogP contribution < -0.4 is 10.2 Å². The SMILES string of the molecule is CCC1(CN(C)c2ccccc2)CCNCC1. The average Bonchev–Trinajstić information content (AvgIpc) is 2.41. The molecule has 94 valence electrons. The van der Waals surface area contributed by atoms with Gasteiger partial charge in [-0.2, -0.15) is 0 Å². The van der Waals surface area contributed by atoms with Gasteiger partial charge in [-0.1, -0.05) is 25.1 Å². The molecule has 0 aliphatic carbocycles. The third-order valence-electron chi connectivity index (χ3n) is 4.18. The molecule has 1 saturated heterocycles. The molecule has 1 aliphatic rings. The van der Waals surface area contributed by atoms with Crippen LogP contribution in [0.5, 0.6) is 0 Å². The van der Waals surface area contributed by atoms with Crippen LogP contribution >= 0.6 is 0 Å². The fourth-order valence-corrected chi connectivity index (χ4v) is 2.86. The molecule has 0 saturated carbocycles. The molecule has 17 heavy (non-hydrogen) atoms. The highest BCUT2D eigenvalue weighted by atomic mass is 15.1. The van der Waals surface area contributed by atoms with Crippen molar-refractivity contribution in [1.82, 2.24) is 5.32 Å². The van der Waals surface area contributed by atoms with Gasteiger partial charge in [0.25, 0.3) is 0 Å². The van der Waals surface area contributed by atoms with Crippen molar-refractivity contribution in [2.75, 3.05) is 31.6 Å². The fraction of sp³-hybridized carbons (Fsp3) is 0.600. The second kappa shape index (κ2) is 5.54. The van der Waals surface area contributed by atoms with Crippen LogP contribution in [0.3, 0.4) is 0 Å². The molecule has 2 heteroatoms. The topological polar surface area (TPSA) is 15.3 Å². The first-order valence-corrected chi connectivity index (χ1v) is 6.73. The molecular weight excluding hydrogens is 208 g/mol. The number of hydrogen-bond donors (Lipinski definition) is 1. The van der Waals surface area contributed by atoms with Crippen LogP contribution in [0.4, 0.5) is 5.69 Å². The highest BCUT2D eigenvalue weighted by Gasteiger charge is 2.31. The third-order valence-corrected chi connectivity index (χ3v) is 4.18. The maximum absolute atomic E-state index is 3.47. The van der Waals surface area contributed by atoms with Crippen LogP contribution in [0.1, 0.15) is 26.2 Å². The van der Waals surface area contributed by atoms with Crippen molar-refractivity contribution in [2.24, 2.45) is 5.41 Å². The molecule has 1 N–H and O–H groups in total. The van der Waals surface area contributed by atoms with Gasteiger partial charge in [-0.25, -0.2) is 0 Å². The molecule has 0 aromatic heterocycles. The van der Waals surface area contributed by atoms with E-state index in [9.17, 15) is 0 Å². The highest BCUT2D eigenvalue weighted by Crippen LogP contribution is 2.34. The molecule has 0 radical (unpaired) electrons. The number of nitrogens with zero attached hydrogens (tertiary/aromatic N) is 1. The Kier molecular flexibility index (Phi) is 4.06. The summed E-state index contributed by atoms with van der Waals surface area (Å²) in [5.41, 5.74) is 1.84. The van der Waals surface area contributed by atoms with Gasteiger partial charge in [-0.05, 0) is 49.9 Å². The molecule has 1 aromatic rings. The van der Waals surface area contributed by atoms with Gasteiger partial charge >= 0.3 is 0 Å². The lowest BCUT2D eigenvalue weighted by Gasteiger charge is -2.40. The summed E-state index contributed by atoms with van der Waals surface area (Å²) in [7, 11) is 2.22. The smallest absolute Gasteiger partial charge is 0.0363 e. The number of benzene rings is 1. The normalized spacial score (nSPS) is 18.9. The second-order valence-electron chi connectivity index (χ2n) is 5.30. The van der Waals surface area contributed by atoms with Gasteiger partial charge in [0, 0.05) is 19.3 Å². The number of piperidine rings is 1. The molecule has 1 heterocycles. The average molecular weight is 232 g/mol. The van der Waals surface area contributed by atoms with E-state index < -0.39 is 0 Å². The number of para-hydroxylation sites is 1. The highest BCUT2D eigenvalue weighted by molar-refractivity contribution is 5.45. The number of nitrogens with one attached hydrogen (secondary N) is 1. The Morgan fingerprint density at radius 2 is 1.82 bits per heavy atom. The van der Waals surface area contributed by atoms with Crippen LogP contribution in [0.25, 0.3) is 0 Å². The molecule has 0 atom stereocenters. The Balaban J connectivity index is 2.03. The van der Waals surface area contributed by atoms with E-state index in [0.29, 0.717) is 5.41 Å². The zero-order valence-electron chi connectivity index (χ0n) is 11.1. The van der Waals surface area contributed by atoms with Crippen LogP contribution in [0.2, 0.25) is 0 Å². The summed E-state index contributed by atoms with van der Waals surface area (Å²) in [4.78, 5) is 2.41. The molecule has 1 fully saturated rings. The van der Waals surface area contributed by atoms with Gasteiger partial charge in [0.05, 0.1) is 0 Å². The molecule has 1 aromatic carbocycles. The minimum absolute atomic E-state index is 0.510. The van der Waals surface area contributed by atoms with Crippen molar-refractivity contribution < 1.29 is 0 Å². The van der Waals surface area contributed by atoms with E-state index in [1.165, 1.54) is 44.6 Å². The van der Waals surface area contributed by atoms with E-state index in [-0.39, 0.29) is 0 Å². The fourth-order valence-electron chi connectivity index (χ4n) is 2.86. The summed E-state index contributed by atoms with van der Waals surface area (Å²) in [5.74, 6) is 0. The monoisotopic (exact) mass is 232 g/mol. The van der Waals surface area contributed by atoms with Gasteiger partial charge in [0.1, 0.15) is 0 Å². The summed E-state index contributed by atoms with van der Waals surface area (Å²) < 4.78 is 0. The Morgan fingerprint density at radius 3 is 2.41 bits per heavy atom. The minimum Gasteiger partial charge on any atom is -0.374 e. The first-order valence-electron chi connectivity index (χ1n) is 6.73. The first kappa shape index (κ1) is 12.4. The van der Waals surface area contributed by atoms with Crippen molar-refractivity contribution in [2.45, 2.75) is 26.2 Å². The summed E-state index contributed by atoms with van der Waals surface area (Å²) in [6.45, 7) is 5.87. The zero-order valence-corrected chi connectivity index (χ0v) is 11.1. The van der Waals surface area contributed by atoms with Crippen LogP contribution in [0.15, 0.2) is 30.3 Å². The lowest BCUT2D eigenvalue weighted by molar-refractivity contribution is 0.200. The molecule has 0 amide bonds. The van der Waals surface area contributed by atoms with Crippen molar-refractivity contribution in [3.8, 4) is 0 Å². The summed E-state index contributed by atoms with van der Waals surface area (Å²) in [6.07, 6.45) is 3.90. The van der Waals surface area contributed by atoms with E-state index in [1.54, 1.807) is 0 Å². The van der Waals surface area contributed by atoms with Crippen molar-refractivity contribution in [3.05, 3.63) is 30.3 Å². The Morgan fingerprint density at radius 1 is 1.18 bits per heavy atom. The lowest BCUT2D eigenvalue weighted by atomic mass is 9.76. The first-order chi connectivity index (χ1) is 8.26. The predicted molar refractivity (Wildman–Crippen MR) is 74.5 cm³/mol. The Hall–Kier alpha value is -1.02.